The van der Waals surface area contributed by atoms with Gasteiger partial charge in [-0.2, -0.15) is 0 Å². The van der Waals surface area contributed by atoms with Gasteiger partial charge in [0.2, 0.25) is 11.8 Å². The second-order valence-corrected chi connectivity index (χ2v) is 6.27. The Balaban J connectivity index is 1.62. The van der Waals surface area contributed by atoms with E-state index < -0.39 is 0 Å². The van der Waals surface area contributed by atoms with E-state index in [2.05, 4.69) is 10.6 Å². The first-order valence-electron chi connectivity index (χ1n) is 7.57. The summed E-state index contributed by atoms with van der Waals surface area (Å²) in [5, 5.41) is 5.79. The molecule has 2 aromatic rings. The molecule has 0 heterocycles. The number of amides is 2. The van der Waals surface area contributed by atoms with E-state index in [-0.39, 0.29) is 29.5 Å². The van der Waals surface area contributed by atoms with Crippen LogP contribution in [0.15, 0.2) is 42.5 Å². The van der Waals surface area contributed by atoms with Gasteiger partial charge in [0.25, 0.3) is 0 Å². The number of hydrogen-bond donors (Lipinski definition) is 2. The van der Waals surface area contributed by atoms with Crippen LogP contribution < -0.4 is 10.6 Å². The lowest BCUT2D eigenvalue weighted by Gasteiger charge is -2.09. The molecule has 0 aliphatic heterocycles. The molecule has 0 saturated heterocycles. The number of benzene rings is 2. The minimum Gasteiger partial charge on any atom is -0.326 e. The fourth-order valence-corrected chi connectivity index (χ4v) is 2.91. The minimum atomic E-state index is -0.283. The quantitative estimate of drug-likeness (QED) is 0.872. The van der Waals surface area contributed by atoms with Crippen LogP contribution in [0, 0.1) is 11.7 Å². The lowest BCUT2D eigenvalue weighted by Crippen LogP contribution is -2.14. The molecule has 3 rings (SSSR count). The molecule has 2 atom stereocenters. The Bertz CT molecular complexity index is 792. The number of rotatable bonds is 4. The van der Waals surface area contributed by atoms with Crippen molar-refractivity contribution in [2.24, 2.45) is 5.92 Å². The van der Waals surface area contributed by atoms with Crippen molar-refractivity contribution in [3.63, 3.8) is 0 Å². The van der Waals surface area contributed by atoms with E-state index in [0.29, 0.717) is 16.4 Å². The average Bonchev–Trinajstić information content (AvgIpc) is 3.31. The predicted octanol–water partition coefficient (Wildman–Crippen LogP) is 4.18. The Morgan fingerprint density at radius 3 is 2.46 bits per heavy atom. The molecule has 0 aromatic heterocycles. The first kappa shape index (κ1) is 16.5. The molecule has 1 saturated carbocycles. The van der Waals surface area contributed by atoms with E-state index in [1.807, 2.05) is 0 Å². The van der Waals surface area contributed by atoms with Gasteiger partial charge in [0.15, 0.2) is 0 Å². The summed E-state index contributed by atoms with van der Waals surface area (Å²) in [6.07, 6.45) is 0.745. The van der Waals surface area contributed by atoms with Crippen LogP contribution in [-0.2, 0) is 9.59 Å². The summed E-state index contributed by atoms with van der Waals surface area (Å²) >= 11 is 6.09. The largest absolute Gasteiger partial charge is 0.326 e. The number of carbonyl (C=O) groups is 2. The van der Waals surface area contributed by atoms with Crippen molar-refractivity contribution < 1.29 is 14.0 Å². The minimum absolute atomic E-state index is 0.0901. The van der Waals surface area contributed by atoms with Gasteiger partial charge in [-0.25, -0.2) is 4.39 Å². The van der Waals surface area contributed by atoms with Crippen molar-refractivity contribution in [3.8, 4) is 0 Å². The zero-order valence-electron chi connectivity index (χ0n) is 13.0. The molecule has 0 bridgehead atoms. The van der Waals surface area contributed by atoms with E-state index in [1.54, 1.807) is 30.3 Å². The molecule has 1 fully saturated rings. The van der Waals surface area contributed by atoms with Crippen molar-refractivity contribution >= 4 is 34.8 Å². The van der Waals surface area contributed by atoms with E-state index in [4.69, 9.17) is 11.6 Å². The highest BCUT2D eigenvalue weighted by Crippen LogP contribution is 2.48. The smallest absolute Gasteiger partial charge is 0.228 e. The van der Waals surface area contributed by atoms with E-state index in [0.717, 1.165) is 12.0 Å². The van der Waals surface area contributed by atoms with Gasteiger partial charge in [0.1, 0.15) is 5.82 Å². The first-order chi connectivity index (χ1) is 11.4. The molecule has 2 amide bonds. The van der Waals surface area contributed by atoms with E-state index in [1.165, 1.54) is 19.1 Å². The van der Waals surface area contributed by atoms with Crippen molar-refractivity contribution in [1.29, 1.82) is 0 Å². The Morgan fingerprint density at radius 2 is 1.83 bits per heavy atom. The lowest BCUT2D eigenvalue weighted by molar-refractivity contribution is -0.117. The fourth-order valence-electron chi connectivity index (χ4n) is 2.68. The molecule has 0 radical (unpaired) electrons. The van der Waals surface area contributed by atoms with Gasteiger partial charge in [-0.05, 0) is 48.2 Å². The molecule has 1 aliphatic carbocycles. The van der Waals surface area contributed by atoms with Crippen molar-refractivity contribution in [2.75, 3.05) is 10.6 Å². The molecule has 124 valence electrons. The lowest BCUT2D eigenvalue weighted by atomic mass is 10.1. The van der Waals surface area contributed by atoms with Gasteiger partial charge in [-0.3, -0.25) is 9.59 Å². The Morgan fingerprint density at radius 1 is 1.12 bits per heavy atom. The summed E-state index contributed by atoms with van der Waals surface area (Å²) in [5.41, 5.74) is 2.04. The Labute approximate surface area is 144 Å². The van der Waals surface area contributed by atoms with Gasteiger partial charge in [-0.15, -0.1) is 0 Å². The molecule has 24 heavy (non-hydrogen) atoms. The third-order valence-electron chi connectivity index (χ3n) is 3.97. The van der Waals surface area contributed by atoms with Crippen LogP contribution in [0.3, 0.4) is 0 Å². The summed E-state index contributed by atoms with van der Waals surface area (Å²) in [7, 11) is 0. The molecule has 2 unspecified atom stereocenters. The predicted molar refractivity (Wildman–Crippen MR) is 91.6 cm³/mol. The molecule has 2 N–H and O–H groups in total. The topological polar surface area (TPSA) is 58.2 Å². The average molecular weight is 347 g/mol. The third kappa shape index (κ3) is 3.74. The standard InChI is InChI=1S/C18H16ClFN2O2/c1-10(23)21-17-7-6-13(8-16(17)19)22-18(24)15-9-14(15)11-2-4-12(20)5-3-11/h2-8,14-15H,9H2,1H3,(H,21,23)(H,22,24). The van der Waals surface area contributed by atoms with Crippen LogP contribution in [-0.4, -0.2) is 11.8 Å². The maximum Gasteiger partial charge on any atom is 0.228 e. The summed E-state index contributed by atoms with van der Waals surface area (Å²) in [4.78, 5) is 23.4. The summed E-state index contributed by atoms with van der Waals surface area (Å²) < 4.78 is 12.9. The second-order valence-electron chi connectivity index (χ2n) is 5.87. The normalized spacial score (nSPS) is 18.8. The van der Waals surface area contributed by atoms with Crippen LogP contribution >= 0.6 is 11.6 Å². The molecular weight excluding hydrogens is 331 g/mol. The number of anilines is 2. The highest BCUT2D eigenvalue weighted by Gasteiger charge is 2.43. The summed E-state index contributed by atoms with van der Waals surface area (Å²) in [5.74, 6) is -0.584. The zero-order valence-corrected chi connectivity index (χ0v) is 13.7. The van der Waals surface area contributed by atoms with Gasteiger partial charge >= 0.3 is 0 Å². The van der Waals surface area contributed by atoms with Gasteiger partial charge in [-0.1, -0.05) is 23.7 Å². The molecule has 6 heteroatoms. The molecule has 1 aliphatic rings. The van der Waals surface area contributed by atoms with Crippen LogP contribution in [0.5, 0.6) is 0 Å². The zero-order chi connectivity index (χ0) is 17.3. The van der Waals surface area contributed by atoms with Gasteiger partial charge in [0.05, 0.1) is 10.7 Å². The van der Waals surface area contributed by atoms with Gasteiger partial charge in [0, 0.05) is 18.5 Å². The summed E-state index contributed by atoms with van der Waals surface area (Å²) in [6.45, 7) is 1.40. The number of halogens is 2. The van der Waals surface area contributed by atoms with Crippen LogP contribution in [0.4, 0.5) is 15.8 Å². The SMILES string of the molecule is CC(=O)Nc1ccc(NC(=O)C2CC2c2ccc(F)cc2)cc1Cl. The molecular formula is C18H16ClFN2O2. The number of hydrogen-bond acceptors (Lipinski definition) is 2. The fraction of sp³-hybridized carbons (Fsp3) is 0.222. The number of nitrogens with one attached hydrogen (secondary N) is 2. The number of carbonyl (C=O) groups excluding carboxylic acids is 2. The first-order valence-corrected chi connectivity index (χ1v) is 7.95. The molecule has 4 nitrogen and oxygen atoms in total. The van der Waals surface area contributed by atoms with Crippen LogP contribution in [0.1, 0.15) is 24.8 Å². The van der Waals surface area contributed by atoms with Crippen molar-refractivity contribution in [3.05, 3.63) is 58.9 Å². The third-order valence-corrected chi connectivity index (χ3v) is 4.29. The summed E-state index contributed by atoms with van der Waals surface area (Å²) in [6, 6.07) is 11.2. The maximum absolute atomic E-state index is 12.9. The van der Waals surface area contributed by atoms with Crippen molar-refractivity contribution in [1.82, 2.24) is 0 Å². The van der Waals surface area contributed by atoms with Crippen LogP contribution in [0.2, 0.25) is 5.02 Å². The maximum atomic E-state index is 12.9. The highest BCUT2D eigenvalue weighted by molar-refractivity contribution is 6.34. The molecule has 0 spiro atoms. The second kappa shape index (κ2) is 6.61. The van der Waals surface area contributed by atoms with E-state index in [9.17, 15) is 14.0 Å². The van der Waals surface area contributed by atoms with E-state index >= 15 is 0 Å². The molecule has 2 aromatic carbocycles. The highest BCUT2D eigenvalue weighted by atomic mass is 35.5. The Hall–Kier alpha value is -2.40. The Kier molecular flexibility index (Phi) is 4.53. The van der Waals surface area contributed by atoms with Crippen molar-refractivity contribution in [2.45, 2.75) is 19.3 Å². The van der Waals surface area contributed by atoms with Gasteiger partial charge < -0.3 is 10.6 Å². The van der Waals surface area contributed by atoms with Crippen LogP contribution in [0.25, 0.3) is 0 Å². The monoisotopic (exact) mass is 346 g/mol.